The molecule has 0 unspecified atom stereocenters. The number of nitrogens with zero attached hydrogens (tertiary/aromatic N) is 1. The Kier molecular flexibility index (Phi) is 2.71. The molecule has 0 bridgehead atoms. The van der Waals surface area contributed by atoms with Crippen LogP contribution in [0.25, 0.3) is 22.2 Å². The summed E-state index contributed by atoms with van der Waals surface area (Å²) in [6.45, 7) is 0. The SMILES string of the molecule is O=Cc1c[nH]c2nccc(-c3c(F)ccc(O)c3F)c12. The fraction of sp³-hybridized carbons (Fsp3) is 0. The van der Waals surface area contributed by atoms with E-state index in [4.69, 9.17) is 0 Å². The number of benzene rings is 1. The number of hydrogen-bond donors (Lipinski definition) is 2. The summed E-state index contributed by atoms with van der Waals surface area (Å²) in [5.41, 5.74) is 0.348. The molecule has 6 heteroatoms. The molecule has 20 heavy (non-hydrogen) atoms. The molecular formula is C14H8F2N2O2. The van der Waals surface area contributed by atoms with Gasteiger partial charge in [-0.1, -0.05) is 0 Å². The zero-order valence-corrected chi connectivity index (χ0v) is 10.0. The average Bonchev–Trinajstić information content (AvgIpc) is 2.87. The van der Waals surface area contributed by atoms with E-state index in [0.29, 0.717) is 17.3 Å². The van der Waals surface area contributed by atoms with E-state index in [0.717, 1.165) is 12.1 Å². The monoisotopic (exact) mass is 274 g/mol. The number of fused-ring (bicyclic) bond motifs is 1. The number of nitrogens with one attached hydrogen (secondary N) is 1. The number of rotatable bonds is 2. The largest absolute Gasteiger partial charge is 0.505 e. The van der Waals surface area contributed by atoms with Crippen LogP contribution in [-0.2, 0) is 0 Å². The fourth-order valence-electron chi connectivity index (χ4n) is 2.17. The van der Waals surface area contributed by atoms with Crippen LogP contribution >= 0.6 is 0 Å². The smallest absolute Gasteiger partial charge is 0.175 e. The molecule has 0 fully saturated rings. The summed E-state index contributed by atoms with van der Waals surface area (Å²) in [6, 6.07) is 3.29. The van der Waals surface area contributed by atoms with Crippen LogP contribution < -0.4 is 0 Å². The van der Waals surface area contributed by atoms with Crippen LogP contribution in [0.1, 0.15) is 10.4 Å². The molecule has 0 radical (unpaired) electrons. The number of halogens is 2. The maximum absolute atomic E-state index is 14.0. The highest BCUT2D eigenvalue weighted by Crippen LogP contribution is 2.35. The second kappa shape index (κ2) is 4.41. The Bertz CT molecular complexity index is 827. The van der Waals surface area contributed by atoms with E-state index in [1.165, 1.54) is 18.5 Å². The summed E-state index contributed by atoms with van der Waals surface area (Å²) in [7, 11) is 0. The van der Waals surface area contributed by atoms with Gasteiger partial charge in [0.05, 0.1) is 5.56 Å². The molecule has 0 aliphatic heterocycles. The highest BCUT2D eigenvalue weighted by Gasteiger charge is 2.19. The lowest BCUT2D eigenvalue weighted by Gasteiger charge is -2.08. The molecule has 1 aromatic carbocycles. The van der Waals surface area contributed by atoms with E-state index in [1.807, 2.05) is 0 Å². The highest BCUT2D eigenvalue weighted by molar-refractivity contribution is 6.04. The van der Waals surface area contributed by atoms with Crippen molar-refractivity contribution in [3.63, 3.8) is 0 Å². The summed E-state index contributed by atoms with van der Waals surface area (Å²) < 4.78 is 27.9. The van der Waals surface area contributed by atoms with Crippen molar-refractivity contribution in [2.75, 3.05) is 0 Å². The molecule has 3 aromatic rings. The van der Waals surface area contributed by atoms with Gasteiger partial charge >= 0.3 is 0 Å². The molecule has 0 aliphatic carbocycles. The van der Waals surface area contributed by atoms with Gasteiger partial charge in [0, 0.05) is 28.9 Å². The molecular weight excluding hydrogens is 266 g/mol. The molecule has 2 N–H and O–H groups in total. The molecule has 0 saturated carbocycles. The number of aromatic hydroxyl groups is 1. The minimum Gasteiger partial charge on any atom is -0.505 e. The van der Waals surface area contributed by atoms with Gasteiger partial charge in [0.1, 0.15) is 11.5 Å². The van der Waals surface area contributed by atoms with E-state index in [1.54, 1.807) is 0 Å². The highest BCUT2D eigenvalue weighted by atomic mass is 19.1. The Morgan fingerprint density at radius 3 is 2.80 bits per heavy atom. The second-order valence-electron chi connectivity index (χ2n) is 4.20. The average molecular weight is 274 g/mol. The third kappa shape index (κ3) is 1.65. The molecule has 2 heterocycles. The Morgan fingerprint density at radius 2 is 2.05 bits per heavy atom. The van der Waals surface area contributed by atoms with Gasteiger partial charge in [0.2, 0.25) is 0 Å². The summed E-state index contributed by atoms with van der Waals surface area (Å²) >= 11 is 0. The van der Waals surface area contributed by atoms with Gasteiger partial charge in [-0.3, -0.25) is 4.79 Å². The van der Waals surface area contributed by atoms with Gasteiger partial charge in [0.25, 0.3) is 0 Å². The van der Waals surface area contributed by atoms with E-state index >= 15 is 0 Å². The fourth-order valence-corrected chi connectivity index (χ4v) is 2.17. The Balaban J connectivity index is 2.44. The number of aldehydes is 1. The lowest BCUT2D eigenvalue weighted by Crippen LogP contribution is -1.93. The van der Waals surface area contributed by atoms with Crippen molar-refractivity contribution in [1.29, 1.82) is 0 Å². The summed E-state index contributed by atoms with van der Waals surface area (Å²) in [5.74, 6) is -2.56. The van der Waals surface area contributed by atoms with Crippen LogP contribution in [0.4, 0.5) is 8.78 Å². The van der Waals surface area contributed by atoms with Crippen molar-refractivity contribution in [3.05, 3.63) is 47.8 Å². The third-order valence-corrected chi connectivity index (χ3v) is 3.07. The van der Waals surface area contributed by atoms with Crippen molar-refractivity contribution in [2.24, 2.45) is 0 Å². The van der Waals surface area contributed by atoms with Crippen LogP contribution in [0.3, 0.4) is 0 Å². The first-order valence-electron chi connectivity index (χ1n) is 5.72. The zero-order valence-electron chi connectivity index (χ0n) is 10.0. The van der Waals surface area contributed by atoms with Gasteiger partial charge < -0.3 is 10.1 Å². The van der Waals surface area contributed by atoms with E-state index in [9.17, 15) is 18.7 Å². The van der Waals surface area contributed by atoms with Crippen molar-refractivity contribution in [1.82, 2.24) is 9.97 Å². The normalized spacial score (nSPS) is 10.9. The number of H-pyrrole nitrogens is 1. The number of hydrogen-bond acceptors (Lipinski definition) is 3. The van der Waals surface area contributed by atoms with E-state index in [2.05, 4.69) is 9.97 Å². The molecule has 4 nitrogen and oxygen atoms in total. The maximum atomic E-state index is 14.0. The van der Waals surface area contributed by atoms with Crippen LogP contribution in [0.15, 0.2) is 30.6 Å². The number of carbonyl (C=O) groups is 1. The van der Waals surface area contributed by atoms with Gasteiger partial charge in [-0.15, -0.1) is 0 Å². The van der Waals surface area contributed by atoms with Crippen molar-refractivity contribution < 1.29 is 18.7 Å². The number of aromatic amines is 1. The molecule has 0 amide bonds. The molecule has 2 aromatic heterocycles. The summed E-state index contributed by atoms with van der Waals surface area (Å²) in [4.78, 5) is 17.8. The van der Waals surface area contributed by atoms with Crippen LogP contribution in [0.5, 0.6) is 5.75 Å². The Hall–Kier alpha value is -2.76. The van der Waals surface area contributed by atoms with Gasteiger partial charge in [-0.05, 0) is 18.2 Å². The number of aromatic nitrogens is 2. The van der Waals surface area contributed by atoms with Crippen molar-refractivity contribution >= 4 is 17.3 Å². The van der Waals surface area contributed by atoms with E-state index < -0.39 is 17.4 Å². The van der Waals surface area contributed by atoms with Gasteiger partial charge in [-0.25, -0.2) is 13.8 Å². The third-order valence-electron chi connectivity index (χ3n) is 3.07. The number of carbonyl (C=O) groups excluding carboxylic acids is 1. The minimum atomic E-state index is -1.07. The topological polar surface area (TPSA) is 66.0 Å². The Morgan fingerprint density at radius 1 is 1.25 bits per heavy atom. The van der Waals surface area contributed by atoms with Crippen molar-refractivity contribution in [3.8, 4) is 16.9 Å². The van der Waals surface area contributed by atoms with Crippen LogP contribution in [-0.4, -0.2) is 21.4 Å². The molecule has 0 atom stereocenters. The lowest BCUT2D eigenvalue weighted by atomic mass is 10.00. The molecule has 0 aliphatic rings. The Labute approximate surface area is 111 Å². The predicted octanol–water partition coefficient (Wildman–Crippen LogP) is 3.03. The number of phenolic OH excluding ortho intramolecular Hbond substituents is 1. The molecule has 3 rings (SSSR count). The van der Waals surface area contributed by atoms with Crippen LogP contribution in [0.2, 0.25) is 0 Å². The standard InChI is InChI=1S/C14H8F2N2O2/c15-9-1-2-10(20)13(16)12(9)8-3-4-17-14-11(8)7(6-19)5-18-14/h1-6,20H,(H,17,18). The van der Waals surface area contributed by atoms with E-state index in [-0.39, 0.29) is 16.7 Å². The molecule has 100 valence electrons. The second-order valence-corrected chi connectivity index (χ2v) is 4.20. The molecule has 0 saturated heterocycles. The number of pyridine rings is 1. The predicted molar refractivity (Wildman–Crippen MR) is 68.5 cm³/mol. The molecule has 0 spiro atoms. The number of phenols is 1. The first kappa shape index (κ1) is 12.3. The first-order valence-corrected chi connectivity index (χ1v) is 5.72. The summed E-state index contributed by atoms with van der Waals surface area (Å²) in [6.07, 6.45) is 3.35. The lowest BCUT2D eigenvalue weighted by molar-refractivity contribution is 0.112. The van der Waals surface area contributed by atoms with Gasteiger partial charge in [0.15, 0.2) is 17.9 Å². The maximum Gasteiger partial charge on any atom is 0.175 e. The summed E-state index contributed by atoms with van der Waals surface area (Å²) in [5, 5.41) is 9.71. The zero-order chi connectivity index (χ0) is 14.3. The van der Waals surface area contributed by atoms with Crippen LogP contribution in [0, 0.1) is 11.6 Å². The van der Waals surface area contributed by atoms with Gasteiger partial charge in [-0.2, -0.15) is 0 Å². The van der Waals surface area contributed by atoms with Crippen molar-refractivity contribution in [2.45, 2.75) is 0 Å². The quantitative estimate of drug-likeness (QED) is 0.706. The first-order chi connectivity index (χ1) is 9.63. The minimum absolute atomic E-state index is 0.157.